The molecule has 5 heteroatoms. The summed E-state index contributed by atoms with van der Waals surface area (Å²) >= 11 is 0. The Bertz CT molecular complexity index is 647. The number of carbonyl (C=O) groups excluding carboxylic acids is 2. The van der Waals surface area contributed by atoms with Crippen molar-refractivity contribution in [3.8, 4) is 6.07 Å². The zero-order valence-electron chi connectivity index (χ0n) is 12.0. The van der Waals surface area contributed by atoms with Gasteiger partial charge in [-0.15, -0.1) is 0 Å². The van der Waals surface area contributed by atoms with Crippen molar-refractivity contribution >= 4 is 11.8 Å². The molecule has 2 aliphatic rings. The van der Waals surface area contributed by atoms with E-state index in [2.05, 4.69) is 6.07 Å². The predicted octanol–water partition coefficient (Wildman–Crippen LogP) is 1.20. The molecule has 21 heavy (non-hydrogen) atoms. The highest BCUT2D eigenvalue weighted by Crippen LogP contribution is 2.25. The summed E-state index contributed by atoms with van der Waals surface area (Å²) in [6.45, 7) is 3.23. The van der Waals surface area contributed by atoms with Gasteiger partial charge in [0, 0.05) is 13.1 Å². The molecular weight excluding hydrogens is 266 g/mol. The van der Waals surface area contributed by atoms with Gasteiger partial charge in [-0.25, -0.2) is 0 Å². The van der Waals surface area contributed by atoms with Crippen molar-refractivity contribution in [1.29, 1.82) is 5.26 Å². The number of nitrogens with zero attached hydrogens (tertiary/aromatic N) is 3. The lowest BCUT2D eigenvalue weighted by Gasteiger charge is -2.36. The minimum Gasteiger partial charge on any atom is -0.329 e. The molecule has 0 aromatic heterocycles. The Morgan fingerprint density at radius 1 is 1.38 bits per heavy atom. The first-order valence-corrected chi connectivity index (χ1v) is 7.18. The first kappa shape index (κ1) is 13.6. The van der Waals surface area contributed by atoms with Gasteiger partial charge in [-0.05, 0) is 43.0 Å². The summed E-state index contributed by atoms with van der Waals surface area (Å²) in [5.74, 6) is 0.0965. The third-order valence-electron chi connectivity index (χ3n) is 4.33. The molecule has 2 fully saturated rings. The number of rotatable bonds is 2. The fraction of sp³-hybridized carbons (Fsp3) is 0.438. The van der Waals surface area contributed by atoms with Gasteiger partial charge in [-0.1, -0.05) is 6.07 Å². The van der Waals surface area contributed by atoms with Crippen molar-refractivity contribution in [1.82, 2.24) is 9.80 Å². The molecule has 0 aliphatic carbocycles. The van der Waals surface area contributed by atoms with E-state index in [4.69, 9.17) is 5.26 Å². The van der Waals surface area contributed by atoms with E-state index in [1.807, 2.05) is 19.1 Å². The van der Waals surface area contributed by atoms with Gasteiger partial charge < -0.3 is 9.80 Å². The van der Waals surface area contributed by atoms with E-state index in [0.29, 0.717) is 18.7 Å². The van der Waals surface area contributed by atoms with Gasteiger partial charge in [0.05, 0.1) is 11.6 Å². The maximum atomic E-state index is 12.5. The molecule has 1 aromatic rings. The minimum atomic E-state index is -0.259. The molecule has 0 bridgehead atoms. The Kier molecular flexibility index (Phi) is 3.38. The Hall–Kier alpha value is -2.35. The maximum absolute atomic E-state index is 12.5. The van der Waals surface area contributed by atoms with E-state index >= 15 is 0 Å². The zero-order chi connectivity index (χ0) is 15.0. The summed E-state index contributed by atoms with van der Waals surface area (Å²) in [6.07, 6.45) is 1.68. The van der Waals surface area contributed by atoms with Crippen molar-refractivity contribution < 1.29 is 9.59 Å². The molecule has 2 amide bonds. The molecule has 2 saturated heterocycles. The fourth-order valence-electron chi connectivity index (χ4n) is 3.15. The van der Waals surface area contributed by atoms with Crippen molar-refractivity contribution in [3.05, 3.63) is 34.9 Å². The SMILES string of the molecule is Cc1cc(C#N)ccc1CN1CC(=O)N2CCCC2C1=O. The average molecular weight is 283 g/mol. The standard InChI is InChI=1S/C16H17N3O2/c1-11-7-12(8-17)4-5-13(11)9-18-10-15(20)19-6-2-3-14(19)16(18)21/h4-5,7,14H,2-3,6,9-10H2,1H3. The molecule has 3 rings (SSSR count). The van der Waals surface area contributed by atoms with E-state index in [1.54, 1.807) is 15.9 Å². The zero-order valence-corrected chi connectivity index (χ0v) is 12.0. The van der Waals surface area contributed by atoms with Gasteiger partial charge in [0.1, 0.15) is 12.6 Å². The van der Waals surface area contributed by atoms with Gasteiger partial charge in [-0.3, -0.25) is 9.59 Å². The first-order chi connectivity index (χ1) is 10.1. The van der Waals surface area contributed by atoms with Crippen LogP contribution in [-0.2, 0) is 16.1 Å². The molecular formula is C16H17N3O2. The van der Waals surface area contributed by atoms with Crippen LogP contribution in [0.5, 0.6) is 0 Å². The Labute approximate surface area is 123 Å². The lowest BCUT2D eigenvalue weighted by Crippen LogP contribution is -2.56. The topological polar surface area (TPSA) is 64.4 Å². The molecule has 2 aliphatic heterocycles. The number of benzene rings is 1. The van der Waals surface area contributed by atoms with Crippen LogP contribution in [0.15, 0.2) is 18.2 Å². The first-order valence-electron chi connectivity index (χ1n) is 7.18. The summed E-state index contributed by atoms with van der Waals surface area (Å²) in [6, 6.07) is 7.28. The number of fused-ring (bicyclic) bond motifs is 1. The highest BCUT2D eigenvalue weighted by Gasteiger charge is 2.41. The van der Waals surface area contributed by atoms with Gasteiger partial charge in [0.15, 0.2) is 0 Å². The van der Waals surface area contributed by atoms with Crippen LogP contribution >= 0.6 is 0 Å². The summed E-state index contributed by atoms with van der Waals surface area (Å²) in [7, 11) is 0. The molecule has 0 spiro atoms. The molecule has 1 aromatic carbocycles. The number of piperazine rings is 1. The van der Waals surface area contributed by atoms with E-state index in [0.717, 1.165) is 24.0 Å². The quantitative estimate of drug-likeness (QED) is 0.819. The molecule has 5 nitrogen and oxygen atoms in total. The number of hydrogen-bond donors (Lipinski definition) is 0. The lowest BCUT2D eigenvalue weighted by molar-refractivity contribution is -0.154. The van der Waals surface area contributed by atoms with Crippen LogP contribution in [0.1, 0.15) is 29.5 Å². The molecule has 2 heterocycles. The van der Waals surface area contributed by atoms with E-state index in [1.165, 1.54) is 0 Å². The second-order valence-corrected chi connectivity index (χ2v) is 5.69. The molecule has 108 valence electrons. The van der Waals surface area contributed by atoms with Crippen LogP contribution in [0, 0.1) is 18.3 Å². The van der Waals surface area contributed by atoms with E-state index < -0.39 is 0 Å². The fourth-order valence-corrected chi connectivity index (χ4v) is 3.15. The van der Waals surface area contributed by atoms with Gasteiger partial charge >= 0.3 is 0 Å². The Morgan fingerprint density at radius 3 is 2.90 bits per heavy atom. The maximum Gasteiger partial charge on any atom is 0.246 e. The molecule has 0 N–H and O–H groups in total. The number of carbonyl (C=O) groups is 2. The van der Waals surface area contributed by atoms with E-state index in [9.17, 15) is 9.59 Å². The van der Waals surface area contributed by atoms with Gasteiger partial charge in [-0.2, -0.15) is 5.26 Å². The Morgan fingerprint density at radius 2 is 2.19 bits per heavy atom. The van der Waals surface area contributed by atoms with Gasteiger partial charge in [0.2, 0.25) is 11.8 Å². The lowest BCUT2D eigenvalue weighted by atomic mass is 10.0. The molecule has 1 atom stereocenters. The minimum absolute atomic E-state index is 0.0448. The number of amides is 2. The van der Waals surface area contributed by atoms with Crippen molar-refractivity contribution in [2.45, 2.75) is 32.4 Å². The highest BCUT2D eigenvalue weighted by molar-refractivity contribution is 5.95. The van der Waals surface area contributed by atoms with Crippen LogP contribution in [0.3, 0.4) is 0 Å². The largest absolute Gasteiger partial charge is 0.329 e. The summed E-state index contributed by atoms with van der Waals surface area (Å²) < 4.78 is 0. The van der Waals surface area contributed by atoms with Crippen molar-refractivity contribution in [3.63, 3.8) is 0 Å². The van der Waals surface area contributed by atoms with Crippen LogP contribution in [0.4, 0.5) is 0 Å². The smallest absolute Gasteiger partial charge is 0.246 e. The monoisotopic (exact) mass is 283 g/mol. The van der Waals surface area contributed by atoms with Crippen LogP contribution in [-0.4, -0.2) is 40.7 Å². The number of nitriles is 1. The second kappa shape index (κ2) is 5.21. The third-order valence-corrected chi connectivity index (χ3v) is 4.33. The van der Waals surface area contributed by atoms with Gasteiger partial charge in [0.25, 0.3) is 0 Å². The van der Waals surface area contributed by atoms with Crippen LogP contribution < -0.4 is 0 Å². The average Bonchev–Trinajstić information content (AvgIpc) is 2.96. The molecule has 0 saturated carbocycles. The van der Waals surface area contributed by atoms with Crippen LogP contribution in [0.2, 0.25) is 0 Å². The van der Waals surface area contributed by atoms with Crippen molar-refractivity contribution in [2.75, 3.05) is 13.1 Å². The number of aryl methyl sites for hydroxylation is 1. The molecule has 1 unspecified atom stereocenters. The molecule has 0 radical (unpaired) electrons. The number of hydrogen-bond acceptors (Lipinski definition) is 3. The summed E-state index contributed by atoms with van der Waals surface area (Å²) in [5, 5.41) is 8.89. The Balaban J connectivity index is 1.80. The summed E-state index contributed by atoms with van der Waals surface area (Å²) in [4.78, 5) is 27.9. The van der Waals surface area contributed by atoms with Crippen LogP contribution in [0.25, 0.3) is 0 Å². The normalized spacial score (nSPS) is 21.4. The van der Waals surface area contributed by atoms with Crippen molar-refractivity contribution in [2.24, 2.45) is 0 Å². The summed E-state index contributed by atoms with van der Waals surface area (Å²) in [5.41, 5.74) is 2.57. The van der Waals surface area contributed by atoms with E-state index in [-0.39, 0.29) is 24.4 Å². The highest BCUT2D eigenvalue weighted by atomic mass is 16.2. The second-order valence-electron chi connectivity index (χ2n) is 5.69. The third kappa shape index (κ3) is 2.38. The predicted molar refractivity (Wildman–Crippen MR) is 76.0 cm³/mol.